The Kier molecular flexibility index (Phi) is 4.90. The number of anilines is 1. The van der Waals surface area contributed by atoms with Crippen LogP contribution in [0.1, 0.15) is 12.5 Å². The van der Waals surface area contributed by atoms with Gasteiger partial charge in [0.2, 0.25) is 0 Å². The zero-order valence-corrected chi connectivity index (χ0v) is 15.7. The number of benzene rings is 2. The molecule has 1 aliphatic heterocycles. The maximum absolute atomic E-state index is 12.8. The fraction of sp³-hybridized carbons (Fsp3) is 0.158. The lowest BCUT2D eigenvalue weighted by Gasteiger charge is -2.13. The first-order chi connectivity index (χ1) is 12.0. The van der Waals surface area contributed by atoms with Gasteiger partial charge in [-0.25, -0.2) is 0 Å². The molecule has 2 aromatic carbocycles. The van der Waals surface area contributed by atoms with Crippen LogP contribution in [0.15, 0.2) is 57.6 Å². The van der Waals surface area contributed by atoms with Crippen molar-refractivity contribution in [2.45, 2.75) is 6.92 Å². The minimum atomic E-state index is -0.176. The highest BCUT2D eigenvalue weighted by atomic mass is 79.9. The van der Waals surface area contributed by atoms with Crippen molar-refractivity contribution >= 4 is 39.3 Å². The second-order valence-electron chi connectivity index (χ2n) is 5.43. The van der Waals surface area contributed by atoms with Gasteiger partial charge in [-0.05, 0) is 37.3 Å². The molecule has 0 aromatic heterocycles. The van der Waals surface area contributed by atoms with Gasteiger partial charge in [0.15, 0.2) is 11.5 Å². The summed E-state index contributed by atoms with van der Waals surface area (Å²) < 4.78 is 11.6. The van der Waals surface area contributed by atoms with Crippen LogP contribution in [0.5, 0.6) is 11.5 Å². The highest BCUT2D eigenvalue weighted by molar-refractivity contribution is 9.10. The predicted molar refractivity (Wildman–Crippen MR) is 102 cm³/mol. The molecule has 3 rings (SSSR count). The number of hydrogen-bond donors (Lipinski definition) is 0. The number of carbonyl (C=O) groups is 1. The van der Waals surface area contributed by atoms with E-state index < -0.39 is 0 Å². The molecule has 1 amide bonds. The van der Waals surface area contributed by atoms with Crippen LogP contribution < -0.4 is 14.5 Å². The topological polar surface area (TPSA) is 51.1 Å². The highest BCUT2D eigenvalue weighted by Gasteiger charge is 2.29. The molecule has 128 valence electrons. The SMILES string of the molecule is COc1cc(Br)cc(/C=C2/C(=O)N(c3ccccc3)N=C2C)c1OC. The van der Waals surface area contributed by atoms with Crippen LogP contribution in [0.4, 0.5) is 5.69 Å². The zero-order chi connectivity index (χ0) is 18.0. The Balaban J connectivity index is 2.05. The maximum atomic E-state index is 12.8. The first-order valence-corrected chi connectivity index (χ1v) is 8.42. The van der Waals surface area contributed by atoms with Crippen LogP contribution in [0.3, 0.4) is 0 Å². The van der Waals surface area contributed by atoms with Crippen molar-refractivity contribution in [3.63, 3.8) is 0 Å². The fourth-order valence-electron chi connectivity index (χ4n) is 2.65. The van der Waals surface area contributed by atoms with Crippen molar-refractivity contribution in [1.82, 2.24) is 0 Å². The molecule has 0 N–H and O–H groups in total. The molecule has 0 spiro atoms. The number of ether oxygens (including phenoxy) is 2. The van der Waals surface area contributed by atoms with Crippen LogP contribution in [0.2, 0.25) is 0 Å². The Morgan fingerprint density at radius 3 is 2.48 bits per heavy atom. The lowest BCUT2D eigenvalue weighted by molar-refractivity contribution is -0.114. The smallest absolute Gasteiger partial charge is 0.280 e. The van der Waals surface area contributed by atoms with Crippen LogP contribution in [-0.4, -0.2) is 25.8 Å². The minimum Gasteiger partial charge on any atom is -0.493 e. The van der Waals surface area contributed by atoms with E-state index in [1.54, 1.807) is 20.3 Å². The number of nitrogens with zero attached hydrogens (tertiary/aromatic N) is 2. The van der Waals surface area contributed by atoms with E-state index in [1.165, 1.54) is 5.01 Å². The average molecular weight is 401 g/mol. The van der Waals surface area contributed by atoms with E-state index in [4.69, 9.17) is 9.47 Å². The summed E-state index contributed by atoms with van der Waals surface area (Å²) in [6, 6.07) is 13.0. The molecule has 1 heterocycles. The molecule has 0 unspecified atom stereocenters. The molecular weight excluding hydrogens is 384 g/mol. The molecule has 0 saturated carbocycles. The van der Waals surface area contributed by atoms with Crippen molar-refractivity contribution in [2.75, 3.05) is 19.2 Å². The molecule has 2 aromatic rings. The number of para-hydroxylation sites is 1. The van der Waals surface area contributed by atoms with Crippen LogP contribution >= 0.6 is 15.9 Å². The summed E-state index contributed by atoms with van der Waals surface area (Å²) in [5.41, 5.74) is 2.63. The van der Waals surface area contributed by atoms with Gasteiger partial charge < -0.3 is 9.47 Å². The summed E-state index contributed by atoms with van der Waals surface area (Å²) in [5.74, 6) is 0.977. The number of rotatable bonds is 4. The Hall–Kier alpha value is -2.60. The van der Waals surface area contributed by atoms with Crippen molar-refractivity contribution in [2.24, 2.45) is 5.10 Å². The quantitative estimate of drug-likeness (QED) is 0.719. The van der Waals surface area contributed by atoms with E-state index in [0.29, 0.717) is 22.8 Å². The second-order valence-corrected chi connectivity index (χ2v) is 6.34. The molecule has 6 heteroatoms. The van der Waals surface area contributed by atoms with E-state index in [9.17, 15) is 4.79 Å². The number of amides is 1. The second kappa shape index (κ2) is 7.11. The Bertz CT molecular complexity index is 876. The van der Waals surface area contributed by atoms with Gasteiger partial charge in [0.1, 0.15) is 0 Å². The van der Waals surface area contributed by atoms with Gasteiger partial charge in [-0.15, -0.1) is 0 Å². The normalized spacial score (nSPS) is 15.5. The van der Waals surface area contributed by atoms with Crippen LogP contribution in [0, 0.1) is 0 Å². The van der Waals surface area contributed by atoms with Gasteiger partial charge in [0, 0.05) is 10.0 Å². The Morgan fingerprint density at radius 1 is 1.12 bits per heavy atom. The molecule has 0 fully saturated rings. The van der Waals surface area contributed by atoms with Crippen molar-refractivity contribution < 1.29 is 14.3 Å². The maximum Gasteiger partial charge on any atom is 0.280 e. The predicted octanol–water partition coefficient (Wildman–Crippen LogP) is 4.27. The highest BCUT2D eigenvalue weighted by Crippen LogP contribution is 2.36. The number of carbonyl (C=O) groups excluding carboxylic acids is 1. The molecule has 0 aliphatic carbocycles. The molecule has 0 bridgehead atoms. The van der Waals surface area contributed by atoms with Crippen LogP contribution in [0.25, 0.3) is 6.08 Å². The molecule has 5 nitrogen and oxygen atoms in total. The Morgan fingerprint density at radius 2 is 1.84 bits per heavy atom. The monoisotopic (exact) mass is 400 g/mol. The van der Waals surface area contributed by atoms with Gasteiger partial charge in [0.05, 0.1) is 31.2 Å². The first-order valence-electron chi connectivity index (χ1n) is 7.63. The lowest BCUT2D eigenvalue weighted by Crippen LogP contribution is -2.21. The summed E-state index contributed by atoms with van der Waals surface area (Å²) in [6.45, 7) is 1.81. The van der Waals surface area contributed by atoms with Crippen molar-refractivity contribution in [3.8, 4) is 11.5 Å². The summed E-state index contributed by atoms with van der Waals surface area (Å²) >= 11 is 3.45. The van der Waals surface area contributed by atoms with E-state index in [2.05, 4.69) is 21.0 Å². The summed E-state index contributed by atoms with van der Waals surface area (Å²) in [5, 5.41) is 5.79. The van der Waals surface area contributed by atoms with E-state index in [0.717, 1.165) is 15.7 Å². The van der Waals surface area contributed by atoms with E-state index in [-0.39, 0.29) is 5.91 Å². The summed E-state index contributed by atoms with van der Waals surface area (Å²) in [4.78, 5) is 12.8. The van der Waals surface area contributed by atoms with Crippen molar-refractivity contribution in [3.05, 3.63) is 58.1 Å². The van der Waals surface area contributed by atoms with E-state index in [1.807, 2.05) is 49.4 Å². The average Bonchev–Trinajstić information content (AvgIpc) is 2.90. The molecule has 25 heavy (non-hydrogen) atoms. The summed E-state index contributed by atoms with van der Waals surface area (Å²) in [7, 11) is 3.15. The first kappa shape index (κ1) is 17.2. The third-order valence-corrected chi connectivity index (χ3v) is 4.29. The molecule has 0 radical (unpaired) electrons. The zero-order valence-electron chi connectivity index (χ0n) is 14.1. The molecular formula is C19H17BrN2O3. The van der Waals surface area contributed by atoms with Gasteiger partial charge >= 0.3 is 0 Å². The molecule has 0 atom stereocenters. The Labute approximate surface area is 154 Å². The number of halogens is 1. The minimum absolute atomic E-state index is 0.176. The van der Waals surface area contributed by atoms with Gasteiger partial charge in [-0.3, -0.25) is 4.79 Å². The number of hydrazone groups is 1. The number of hydrogen-bond acceptors (Lipinski definition) is 4. The standard InChI is InChI=1S/C19H17BrN2O3/c1-12-16(19(23)22(21-12)15-7-5-4-6-8-15)10-13-9-14(20)11-17(24-2)18(13)25-3/h4-11H,1-3H3/b16-10+. The third kappa shape index (κ3) is 3.30. The van der Waals surface area contributed by atoms with Gasteiger partial charge in [0.25, 0.3) is 5.91 Å². The number of methoxy groups -OCH3 is 2. The fourth-order valence-corrected chi connectivity index (χ4v) is 3.10. The molecule has 1 aliphatic rings. The third-order valence-electron chi connectivity index (χ3n) is 3.84. The summed E-state index contributed by atoms with van der Waals surface area (Å²) in [6.07, 6.45) is 1.77. The lowest BCUT2D eigenvalue weighted by atomic mass is 10.1. The largest absolute Gasteiger partial charge is 0.493 e. The van der Waals surface area contributed by atoms with Crippen molar-refractivity contribution in [1.29, 1.82) is 0 Å². The van der Waals surface area contributed by atoms with Gasteiger partial charge in [-0.2, -0.15) is 10.1 Å². The molecule has 0 saturated heterocycles. The van der Waals surface area contributed by atoms with E-state index >= 15 is 0 Å². The van der Waals surface area contributed by atoms with Gasteiger partial charge in [-0.1, -0.05) is 34.1 Å². The van der Waals surface area contributed by atoms with Crippen LogP contribution in [-0.2, 0) is 4.79 Å².